The zero-order valence-electron chi connectivity index (χ0n) is 41.1. The van der Waals surface area contributed by atoms with Gasteiger partial charge in [0.25, 0.3) is 0 Å². The summed E-state index contributed by atoms with van der Waals surface area (Å²) < 4.78 is 24.0. The average Bonchev–Trinajstić information content (AvgIpc) is 3.62. The second-order valence-corrected chi connectivity index (χ2v) is 95.6. The molecule has 2 aliphatic rings. The van der Waals surface area contributed by atoms with Crippen LogP contribution in [0.1, 0.15) is 25.7 Å². The summed E-state index contributed by atoms with van der Waals surface area (Å²) in [5.41, 5.74) is 0. The molecule has 18 heteroatoms. The molecule has 56 heavy (non-hydrogen) atoms. The summed E-state index contributed by atoms with van der Waals surface area (Å²) in [5, 5.41) is 5.80. The molecule has 0 N–H and O–H groups in total. The molecule has 0 aromatic rings. The molecule has 0 aromatic heterocycles. The van der Waals surface area contributed by atoms with Crippen LogP contribution in [0.5, 0.6) is 0 Å². The molecule has 0 bridgehead atoms. The van der Waals surface area contributed by atoms with Gasteiger partial charge in [0, 0.05) is 71.2 Å². The number of isothiocyanates is 2. The van der Waals surface area contributed by atoms with E-state index in [1.165, 1.54) is 25.7 Å². The molecule has 0 spiro atoms. The van der Waals surface area contributed by atoms with E-state index < -0.39 is 105 Å². The minimum Gasteiger partial charge on any atom is 0 e. The fourth-order valence-electron chi connectivity index (χ4n) is 10.5. The minimum absolute atomic E-state index is 0. The number of hydrogen-bond donors (Lipinski definition) is 0. The van der Waals surface area contributed by atoms with Crippen molar-refractivity contribution in [2.24, 2.45) is 6.43 Å². The molecule has 0 atom stereocenters. The zero-order chi connectivity index (χ0) is 43.4. The average molecular weight is 1350 g/mol. The van der Waals surface area contributed by atoms with Crippen LogP contribution in [-0.2, 0) is 54.2 Å². The first kappa shape index (κ1) is 66.9. The smallest absolute Gasteiger partial charge is 0 e. The Balaban J connectivity index is -0.000000372. The second kappa shape index (κ2) is 28.4. The van der Waals surface area contributed by atoms with E-state index in [9.17, 15) is 0 Å². The van der Waals surface area contributed by atoms with Gasteiger partial charge in [0.15, 0.2) is 0 Å². The maximum absolute atomic E-state index is 5.15. The fraction of sp³-hybridized carbons (Fsp3) is 0.947. The molecule has 340 valence electrons. The van der Waals surface area contributed by atoms with Gasteiger partial charge in [0.2, 0.25) is 0 Å². The van der Waals surface area contributed by atoms with E-state index >= 15 is 0 Å². The van der Waals surface area contributed by atoms with Gasteiger partial charge in [0.05, 0.1) is 0 Å². The van der Waals surface area contributed by atoms with Gasteiger partial charge in [-0.2, -0.15) is 0 Å². The summed E-state index contributed by atoms with van der Waals surface area (Å²) in [7, 11) is -9.83. The van der Waals surface area contributed by atoms with Gasteiger partial charge in [-0.25, -0.2) is 0 Å². The van der Waals surface area contributed by atoms with E-state index in [0.717, 1.165) is 39.1 Å². The molecule has 2 aliphatic heterocycles. The molecule has 4 radical (unpaired) electrons. The van der Waals surface area contributed by atoms with E-state index in [1.54, 1.807) is 0 Å². The second-order valence-electron chi connectivity index (χ2n) is 24.6. The molecular formula is C38H92Ag2N2O2S2Si8Sn2. The molecule has 0 aromatic carbocycles. The van der Waals surface area contributed by atoms with Crippen molar-refractivity contribution in [2.75, 3.05) is 26.4 Å². The van der Waals surface area contributed by atoms with Crippen LogP contribution in [0.3, 0.4) is 0 Å². The number of hydrogen-bond acceptors (Lipinski definition) is 6. The normalized spacial score (nSPS) is 15.8. The van der Waals surface area contributed by atoms with E-state index in [-0.39, 0.29) is 44.8 Å². The predicted molar refractivity (Wildman–Crippen MR) is 283 cm³/mol. The van der Waals surface area contributed by atoms with Crippen LogP contribution >= 0.6 is 24.4 Å². The molecule has 0 saturated carbocycles. The largest absolute Gasteiger partial charge is 0 e. The maximum Gasteiger partial charge on any atom is 0 e. The van der Waals surface area contributed by atoms with Crippen molar-refractivity contribution in [1.82, 2.24) is 0 Å². The Bertz CT molecular complexity index is 961. The molecule has 2 rings (SSSR count). The maximum atomic E-state index is 5.15. The molecule has 2 saturated heterocycles. The third-order valence-corrected chi connectivity index (χ3v) is 130. The first-order valence-electron chi connectivity index (χ1n) is 20.9. The summed E-state index contributed by atoms with van der Waals surface area (Å²) in [6, 6.07) is 0. The number of nitrogens with zero attached hydrogens (tertiary/aromatic N) is 2. The van der Waals surface area contributed by atoms with Crippen molar-refractivity contribution in [3.05, 3.63) is 0 Å². The monoisotopic (exact) mass is 1350 g/mol. The van der Waals surface area contributed by atoms with Gasteiger partial charge in [0.1, 0.15) is 0 Å². The van der Waals surface area contributed by atoms with Crippen LogP contribution in [0, 0.1) is 0 Å². The topological polar surface area (TPSA) is 43.2 Å². The molecule has 2 fully saturated rings. The molecule has 4 nitrogen and oxygen atoms in total. The van der Waals surface area contributed by atoms with E-state index in [4.69, 9.17) is 40.3 Å². The number of rotatable bonds is 14. The van der Waals surface area contributed by atoms with Crippen molar-refractivity contribution < 1.29 is 54.2 Å². The Kier molecular flexibility index (Phi) is 33.9. The molecular weight excluding hydrogens is 1260 g/mol. The van der Waals surface area contributed by atoms with Gasteiger partial charge >= 0.3 is 316 Å². The van der Waals surface area contributed by atoms with Gasteiger partial charge in [-0.1, -0.05) is 0 Å². The van der Waals surface area contributed by atoms with Crippen molar-refractivity contribution >= 4 is 139 Å². The molecule has 0 aliphatic carbocycles. The van der Waals surface area contributed by atoms with E-state index in [1.807, 2.05) is 0 Å². The van der Waals surface area contributed by atoms with Crippen molar-refractivity contribution in [2.45, 2.75) is 196 Å². The zero-order valence-corrected chi connectivity index (χ0v) is 59.4. The Labute approximate surface area is 416 Å². The minimum atomic E-state index is -2.03. The first-order chi connectivity index (χ1) is 23.9. The Morgan fingerprint density at radius 2 is 0.500 bits per heavy atom. The van der Waals surface area contributed by atoms with Crippen molar-refractivity contribution in [3.63, 3.8) is 0 Å². The number of ether oxygens (including phenoxy) is 2. The van der Waals surface area contributed by atoms with Crippen molar-refractivity contribution in [3.8, 4) is 0 Å². The SMILES string of the molecule is C1CCOC1.C1CCOC1.C[Si](C)(C)[CH]([Sn]([N]=C=S)[CH]([Si](C)(C)C)[Si](C)(C)C)[Si](C)(C)C.C[Si](C)(C)[CH]([Sn]([N]=C=S)[CH]([Si](C)(C)C)[Si](C)(C)C)[Si](C)(C)C.[Ag].[Ag]. The Morgan fingerprint density at radius 1 is 0.357 bits per heavy atom. The molecule has 0 unspecified atom stereocenters. The summed E-state index contributed by atoms with van der Waals surface area (Å²) >= 11 is 6.25. The van der Waals surface area contributed by atoms with Gasteiger partial charge in [-0.15, -0.1) is 0 Å². The third-order valence-electron chi connectivity index (χ3n) is 10.1. The van der Waals surface area contributed by atoms with Crippen LogP contribution < -0.4 is 0 Å². The fourth-order valence-corrected chi connectivity index (χ4v) is 147. The summed E-state index contributed by atoms with van der Waals surface area (Å²) in [5.74, 6) is 0. The summed E-state index contributed by atoms with van der Waals surface area (Å²) in [4.78, 5) is 0. The standard InChI is InChI=1S/4C7H19Si2.2C4H8O.2CNS.2Ag.2Sn/c4*1-8(2,3)7-9(4,5)6;2*1-2-4-5-3-1;2*2-1-3;;;;/h4*7H,1-6H3;2*1-4H2;;;;;;/q;;;;;;2*-1;;;2*+1. The Morgan fingerprint density at radius 3 is 0.571 bits per heavy atom. The number of thiocarbonyl (C=S) groups is 2. The predicted octanol–water partition coefficient (Wildman–Crippen LogP) is 14.2. The summed E-state index contributed by atoms with van der Waals surface area (Å²) in [6.45, 7) is 66.0. The van der Waals surface area contributed by atoms with E-state index in [0.29, 0.717) is 0 Å². The summed E-state index contributed by atoms with van der Waals surface area (Å²) in [6.07, 6.45) is 5.11. The van der Waals surface area contributed by atoms with Gasteiger partial charge < -0.3 is 9.47 Å². The molecule has 2 heterocycles. The van der Waals surface area contributed by atoms with Gasteiger partial charge in [-0.05, 0) is 25.7 Å². The quantitative estimate of drug-likeness (QED) is 0.0988. The van der Waals surface area contributed by atoms with Crippen LogP contribution in [0.25, 0.3) is 0 Å². The third kappa shape index (κ3) is 27.0. The first-order valence-corrected chi connectivity index (χ1v) is 59.5. The Hall–Kier alpha value is 4.33. The van der Waals surface area contributed by atoms with Crippen LogP contribution in [0.2, 0.25) is 170 Å². The van der Waals surface area contributed by atoms with Gasteiger partial charge in [-0.3, -0.25) is 0 Å². The van der Waals surface area contributed by atoms with E-state index in [2.05, 4.69) is 167 Å². The van der Waals surface area contributed by atoms with Crippen LogP contribution in [0.4, 0.5) is 0 Å². The van der Waals surface area contributed by atoms with Crippen LogP contribution in [-0.4, -0.2) is 141 Å². The van der Waals surface area contributed by atoms with Crippen molar-refractivity contribution in [1.29, 1.82) is 0 Å². The molecule has 0 amide bonds. The van der Waals surface area contributed by atoms with Crippen LogP contribution in [0.15, 0.2) is 6.43 Å².